The average molecular weight is 530 g/mol. The number of aryl methyl sites for hydroxylation is 2. The van der Waals surface area contributed by atoms with Gasteiger partial charge in [-0.2, -0.15) is 5.10 Å². The summed E-state index contributed by atoms with van der Waals surface area (Å²) in [6.07, 6.45) is 0. The van der Waals surface area contributed by atoms with Crippen LogP contribution >= 0.6 is 0 Å². The van der Waals surface area contributed by atoms with E-state index in [0.717, 1.165) is 29.0 Å². The fourth-order valence-corrected chi connectivity index (χ4v) is 5.23. The van der Waals surface area contributed by atoms with Crippen molar-refractivity contribution in [2.24, 2.45) is 11.1 Å². The Morgan fingerprint density at radius 3 is 2.62 bits per heavy atom. The molecule has 0 bridgehead atoms. The number of nitrogens with one attached hydrogen (secondary N) is 1. The number of carbonyl (C=O) groups is 2. The molecule has 2 aromatic heterocycles. The molecule has 0 aliphatic carbocycles. The van der Waals surface area contributed by atoms with E-state index >= 15 is 0 Å². The van der Waals surface area contributed by atoms with Crippen LogP contribution in [-0.4, -0.2) is 50.8 Å². The Morgan fingerprint density at radius 2 is 1.90 bits per heavy atom. The Morgan fingerprint density at radius 1 is 1.13 bits per heavy atom. The number of nitrogens with two attached hydrogens (primary N) is 1. The zero-order valence-electron chi connectivity index (χ0n) is 22.9. The number of benzene rings is 2. The molecule has 4 aromatic rings. The summed E-state index contributed by atoms with van der Waals surface area (Å²) in [4.78, 5) is 32.6. The lowest BCUT2D eigenvalue weighted by atomic mass is 9.93. The number of ether oxygens (including phenoxy) is 1. The van der Waals surface area contributed by atoms with Gasteiger partial charge >= 0.3 is 0 Å². The standard InChI is InChI=1S/C29H35N7O3/c1-5-36-24(13-19(2)33-36)27(38)32-28-31-22-14-21(26(30)37)15-23-25(22)35(28)18-29(3,4)17-34(23)11-12-39-16-20-9-7-6-8-10-20/h6-10,13-15H,5,11-12,16-18H2,1-4H3,(H2,30,37)(H,31,32,38). The molecule has 0 radical (unpaired) electrons. The lowest BCUT2D eigenvalue weighted by Crippen LogP contribution is -2.37. The summed E-state index contributed by atoms with van der Waals surface area (Å²) >= 11 is 0. The van der Waals surface area contributed by atoms with Crippen molar-refractivity contribution in [3.63, 3.8) is 0 Å². The van der Waals surface area contributed by atoms with Crippen LogP contribution in [0.1, 0.15) is 52.9 Å². The molecule has 5 rings (SSSR count). The number of primary amides is 1. The molecule has 1 aliphatic rings. The third-order valence-electron chi connectivity index (χ3n) is 6.93. The van der Waals surface area contributed by atoms with Crippen LogP contribution in [0.5, 0.6) is 0 Å². The highest BCUT2D eigenvalue weighted by Gasteiger charge is 2.32. The van der Waals surface area contributed by atoms with E-state index in [1.165, 1.54) is 0 Å². The number of aromatic nitrogens is 4. The van der Waals surface area contributed by atoms with Crippen molar-refractivity contribution in [1.29, 1.82) is 0 Å². The van der Waals surface area contributed by atoms with E-state index in [0.29, 0.717) is 55.6 Å². The highest BCUT2D eigenvalue weighted by atomic mass is 16.5. The van der Waals surface area contributed by atoms with Crippen molar-refractivity contribution >= 4 is 34.5 Å². The number of hydrogen-bond acceptors (Lipinski definition) is 6. The Bertz CT molecular complexity index is 1520. The minimum Gasteiger partial charge on any atom is -0.375 e. The topological polar surface area (TPSA) is 120 Å². The summed E-state index contributed by atoms with van der Waals surface area (Å²) in [7, 11) is 0. The molecule has 10 heteroatoms. The van der Waals surface area contributed by atoms with E-state index in [2.05, 4.69) is 29.2 Å². The van der Waals surface area contributed by atoms with E-state index in [1.807, 2.05) is 54.8 Å². The van der Waals surface area contributed by atoms with Crippen LogP contribution in [0.25, 0.3) is 11.0 Å². The van der Waals surface area contributed by atoms with Gasteiger partial charge in [-0.05, 0) is 37.6 Å². The van der Waals surface area contributed by atoms with Crippen LogP contribution in [0.3, 0.4) is 0 Å². The monoisotopic (exact) mass is 529 g/mol. The molecule has 10 nitrogen and oxygen atoms in total. The second-order valence-corrected chi connectivity index (χ2v) is 10.8. The molecule has 0 spiro atoms. The smallest absolute Gasteiger partial charge is 0.276 e. The van der Waals surface area contributed by atoms with Gasteiger partial charge in [0.15, 0.2) is 0 Å². The lowest BCUT2D eigenvalue weighted by molar-refractivity contribution is 0.0995. The summed E-state index contributed by atoms with van der Waals surface area (Å²) in [5.41, 5.74) is 10.6. The van der Waals surface area contributed by atoms with E-state index in [4.69, 9.17) is 15.5 Å². The first-order valence-corrected chi connectivity index (χ1v) is 13.2. The number of rotatable bonds is 9. The van der Waals surface area contributed by atoms with Gasteiger partial charge in [0.25, 0.3) is 5.91 Å². The molecule has 0 saturated carbocycles. The summed E-state index contributed by atoms with van der Waals surface area (Å²) in [6.45, 7) is 11.7. The van der Waals surface area contributed by atoms with Crippen molar-refractivity contribution < 1.29 is 14.3 Å². The predicted molar refractivity (Wildman–Crippen MR) is 151 cm³/mol. The quantitative estimate of drug-likeness (QED) is 0.317. The first-order valence-electron chi connectivity index (χ1n) is 13.2. The molecule has 39 heavy (non-hydrogen) atoms. The maximum absolute atomic E-state index is 13.3. The van der Waals surface area contributed by atoms with Crippen LogP contribution in [-0.2, 0) is 24.4 Å². The fraction of sp³-hybridized carbons (Fsp3) is 0.379. The van der Waals surface area contributed by atoms with Crippen molar-refractivity contribution in [3.05, 3.63) is 71.0 Å². The van der Waals surface area contributed by atoms with Gasteiger partial charge in [0.1, 0.15) is 5.69 Å². The zero-order chi connectivity index (χ0) is 27.7. The largest absolute Gasteiger partial charge is 0.375 e. The number of amides is 2. The molecular formula is C29H35N7O3. The van der Waals surface area contributed by atoms with Gasteiger partial charge in [-0.15, -0.1) is 0 Å². The van der Waals surface area contributed by atoms with Crippen molar-refractivity contribution in [1.82, 2.24) is 19.3 Å². The summed E-state index contributed by atoms with van der Waals surface area (Å²) < 4.78 is 9.72. The zero-order valence-corrected chi connectivity index (χ0v) is 22.9. The molecule has 204 valence electrons. The summed E-state index contributed by atoms with van der Waals surface area (Å²) in [5, 5.41) is 7.40. The maximum Gasteiger partial charge on any atom is 0.276 e. The molecule has 3 heterocycles. The Balaban J connectivity index is 1.50. The summed E-state index contributed by atoms with van der Waals surface area (Å²) in [6, 6.07) is 15.3. The first-order chi connectivity index (χ1) is 18.6. The van der Waals surface area contributed by atoms with Gasteiger partial charge in [0.05, 0.1) is 35.6 Å². The van der Waals surface area contributed by atoms with Gasteiger partial charge in [0.2, 0.25) is 11.9 Å². The van der Waals surface area contributed by atoms with Crippen molar-refractivity contribution in [3.8, 4) is 0 Å². The van der Waals surface area contributed by atoms with Crippen molar-refractivity contribution in [2.45, 2.75) is 47.4 Å². The lowest BCUT2D eigenvalue weighted by Gasteiger charge is -2.32. The molecule has 2 aromatic carbocycles. The molecular weight excluding hydrogens is 494 g/mol. The van der Waals surface area contributed by atoms with Crippen LogP contribution < -0.4 is 16.0 Å². The molecule has 3 N–H and O–H groups in total. The molecule has 0 atom stereocenters. The summed E-state index contributed by atoms with van der Waals surface area (Å²) in [5.74, 6) is -0.386. The van der Waals surface area contributed by atoms with Crippen LogP contribution in [0, 0.1) is 12.3 Å². The van der Waals surface area contributed by atoms with Gasteiger partial charge in [-0.3, -0.25) is 19.6 Å². The average Bonchev–Trinajstić information content (AvgIpc) is 3.41. The molecule has 2 amide bonds. The fourth-order valence-electron chi connectivity index (χ4n) is 5.23. The van der Waals surface area contributed by atoms with Gasteiger partial charge in [0, 0.05) is 37.2 Å². The first kappa shape index (κ1) is 26.4. The van der Waals surface area contributed by atoms with E-state index < -0.39 is 5.91 Å². The van der Waals surface area contributed by atoms with Crippen LogP contribution in [0.2, 0.25) is 0 Å². The van der Waals surface area contributed by atoms with E-state index in [-0.39, 0.29) is 11.3 Å². The molecule has 0 unspecified atom stereocenters. The number of nitrogens with zero attached hydrogens (tertiary/aromatic N) is 5. The van der Waals surface area contributed by atoms with Crippen molar-refractivity contribution in [2.75, 3.05) is 29.9 Å². The minimum atomic E-state index is -0.528. The second-order valence-electron chi connectivity index (χ2n) is 10.8. The Kier molecular flexibility index (Phi) is 7.14. The molecule has 1 aliphatic heterocycles. The Labute approximate surface area is 227 Å². The predicted octanol–water partition coefficient (Wildman–Crippen LogP) is 3.98. The number of hydrogen-bond donors (Lipinski definition) is 2. The van der Waals surface area contributed by atoms with Gasteiger partial charge < -0.3 is 19.9 Å². The van der Waals surface area contributed by atoms with E-state index in [1.54, 1.807) is 16.8 Å². The van der Waals surface area contributed by atoms with E-state index in [9.17, 15) is 9.59 Å². The van der Waals surface area contributed by atoms with Gasteiger partial charge in [-0.25, -0.2) is 4.98 Å². The highest BCUT2D eigenvalue weighted by molar-refractivity contribution is 6.05. The van der Waals surface area contributed by atoms with Crippen LogP contribution in [0.4, 0.5) is 11.6 Å². The maximum atomic E-state index is 13.3. The molecule has 0 saturated heterocycles. The number of carbonyl (C=O) groups excluding carboxylic acids is 2. The normalized spacial score (nSPS) is 14.4. The third kappa shape index (κ3) is 5.51. The van der Waals surface area contributed by atoms with Gasteiger partial charge in [-0.1, -0.05) is 44.2 Å². The Hall–Kier alpha value is -4.18. The third-order valence-corrected chi connectivity index (χ3v) is 6.93. The number of imidazole rings is 1. The second kappa shape index (κ2) is 10.5. The SMILES string of the molecule is CCn1nc(C)cc1C(=O)Nc1nc2cc(C(N)=O)cc3c2n1CC(C)(C)CN3CCOCc1ccccc1. The number of anilines is 2. The minimum absolute atomic E-state index is 0.180. The molecule has 0 fully saturated rings. The highest BCUT2D eigenvalue weighted by Crippen LogP contribution is 2.38. The van der Waals surface area contributed by atoms with Crippen LogP contribution in [0.15, 0.2) is 48.5 Å².